The Bertz CT molecular complexity index is 1250. The van der Waals surface area contributed by atoms with Crippen LogP contribution < -0.4 is 28.6 Å². The number of benzene rings is 3. The fraction of sp³-hybridized carbons (Fsp3) is 0.367. The molecule has 3 aromatic carbocycles. The van der Waals surface area contributed by atoms with E-state index in [2.05, 4.69) is 4.90 Å². The van der Waals surface area contributed by atoms with Crippen LogP contribution in [0.5, 0.6) is 28.7 Å². The lowest BCUT2D eigenvalue weighted by molar-refractivity contribution is -0.118. The van der Waals surface area contributed by atoms with Crippen LogP contribution in [0.15, 0.2) is 65.6 Å². The van der Waals surface area contributed by atoms with Crippen LogP contribution in [0.3, 0.4) is 0 Å². The minimum absolute atomic E-state index is 0. The van der Waals surface area contributed by atoms with Gasteiger partial charge in [0.1, 0.15) is 23.4 Å². The second-order valence-electron chi connectivity index (χ2n) is 9.11. The van der Waals surface area contributed by atoms with E-state index in [0.717, 1.165) is 35.7 Å². The summed E-state index contributed by atoms with van der Waals surface area (Å²) in [6.45, 7) is 2.56. The monoisotopic (exact) mass is 588 g/mol. The molecular weight excluding hydrogens is 552 g/mol. The Labute approximate surface area is 246 Å². The molecular formula is C30H37ClN2O6S. The fourth-order valence-electron chi connectivity index (χ4n) is 4.38. The molecule has 1 aliphatic heterocycles. The third kappa shape index (κ3) is 7.27. The zero-order valence-electron chi connectivity index (χ0n) is 23.5. The molecule has 216 valence electrons. The number of amides is 1. The van der Waals surface area contributed by atoms with E-state index in [1.165, 1.54) is 0 Å². The molecule has 0 radical (unpaired) electrons. The van der Waals surface area contributed by atoms with E-state index in [4.69, 9.17) is 23.7 Å². The van der Waals surface area contributed by atoms with Gasteiger partial charge in [0.15, 0.2) is 11.5 Å². The number of methoxy groups -OCH3 is 3. The first-order valence-electron chi connectivity index (χ1n) is 12.8. The highest BCUT2D eigenvalue weighted by atomic mass is 35.5. The van der Waals surface area contributed by atoms with Crippen LogP contribution in [0.2, 0.25) is 0 Å². The van der Waals surface area contributed by atoms with Crippen molar-refractivity contribution in [3.05, 3.63) is 66.2 Å². The van der Waals surface area contributed by atoms with Gasteiger partial charge >= 0.3 is 0 Å². The molecule has 1 unspecified atom stereocenters. The van der Waals surface area contributed by atoms with E-state index < -0.39 is 5.25 Å². The average molecular weight is 589 g/mol. The number of ether oxygens (including phenoxy) is 5. The maximum Gasteiger partial charge on any atom is 0.244 e. The van der Waals surface area contributed by atoms with E-state index in [0.29, 0.717) is 42.0 Å². The number of halogens is 1. The van der Waals surface area contributed by atoms with Crippen LogP contribution in [-0.4, -0.2) is 72.5 Å². The summed E-state index contributed by atoms with van der Waals surface area (Å²) >= 11 is 1.55. The summed E-state index contributed by atoms with van der Waals surface area (Å²) in [5, 5.41) is -0.415. The van der Waals surface area contributed by atoms with E-state index in [9.17, 15) is 4.79 Å². The molecule has 0 bridgehead atoms. The topological polar surface area (TPSA) is 69.7 Å². The minimum Gasteiger partial charge on any atom is -0.497 e. The molecule has 40 heavy (non-hydrogen) atoms. The Hall–Kier alpha value is -3.27. The van der Waals surface area contributed by atoms with Gasteiger partial charge in [0.05, 0.1) is 33.6 Å². The Morgan fingerprint density at radius 2 is 1.57 bits per heavy atom. The summed E-state index contributed by atoms with van der Waals surface area (Å²) in [5.74, 6) is 3.30. The average Bonchev–Trinajstić information content (AvgIpc) is 2.97. The summed E-state index contributed by atoms with van der Waals surface area (Å²) in [4.78, 5) is 18.3. The van der Waals surface area contributed by atoms with Crippen molar-refractivity contribution in [3.8, 4) is 28.7 Å². The van der Waals surface area contributed by atoms with Gasteiger partial charge < -0.3 is 33.5 Å². The number of rotatable bonds is 13. The minimum atomic E-state index is -0.415. The van der Waals surface area contributed by atoms with Crippen molar-refractivity contribution < 1.29 is 28.5 Å². The highest BCUT2D eigenvalue weighted by molar-refractivity contribution is 8.00. The van der Waals surface area contributed by atoms with Crippen LogP contribution in [-0.2, 0) is 4.79 Å². The van der Waals surface area contributed by atoms with E-state index in [-0.39, 0.29) is 18.3 Å². The first-order chi connectivity index (χ1) is 19.0. The van der Waals surface area contributed by atoms with Crippen molar-refractivity contribution in [2.75, 3.05) is 66.6 Å². The highest BCUT2D eigenvalue weighted by Crippen LogP contribution is 2.48. The van der Waals surface area contributed by atoms with Gasteiger partial charge in [-0.2, -0.15) is 0 Å². The largest absolute Gasteiger partial charge is 0.497 e. The SMILES string of the molecule is COc1ccc(OCCCN(C)CCOc2c(OC)cccc2OC)c(C2Sc3ccccc3N(C)C2=O)c1.Cl. The van der Waals surface area contributed by atoms with Crippen LogP contribution in [0.25, 0.3) is 0 Å². The lowest BCUT2D eigenvalue weighted by atomic mass is 10.1. The smallest absolute Gasteiger partial charge is 0.244 e. The van der Waals surface area contributed by atoms with Crippen molar-refractivity contribution in [1.29, 1.82) is 0 Å². The number of hydrogen-bond donors (Lipinski definition) is 0. The normalized spacial score (nSPS) is 14.3. The van der Waals surface area contributed by atoms with Crippen molar-refractivity contribution in [2.45, 2.75) is 16.6 Å². The lowest BCUT2D eigenvalue weighted by Crippen LogP contribution is -2.33. The zero-order valence-corrected chi connectivity index (χ0v) is 25.2. The molecule has 1 amide bonds. The van der Waals surface area contributed by atoms with Gasteiger partial charge in [-0.25, -0.2) is 0 Å². The predicted molar refractivity (Wildman–Crippen MR) is 161 cm³/mol. The summed E-state index contributed by atoms with van der Waals surface area (Å²) in [7, 11) is 8.72. The number of thioether (sulfide) groups is 1. The standard InChI is InChI=1S/C30H36N2O6S.ClH/c1-31(17-19-38-28-25(35-4)11-8-12-26(28)36-5)16-9-18-37-24-15-14-21(34-3)20-22(24)29-30(33)32(2)23-10-6-7-13-27(23)39-29;/h6-8,10-15,20,29H,9,16-19H2,1-5H3;1H. The molecule has 0 spiro atoms. The number of hydrogen-bond acceptors (Lipinski definition) is 8. The Morgan fingerprint density at radius 1 is 0.850 bits per heavy atom. The number of carbonyl (C=O) groups excluding carboxylic acids is 1. The van der Waals surface area contributed by atoms with Gasteiger partial charge in [0.2, 0.25) is 11.7 Å². The molecule has 0 saturated carbocycles. The fourth-order valence-corrected chi connectivity index (χ4v) is 5.69. The van der Waals surface area contributed by atoms with Gasteiger partial charge in [-0.05, 0) is 55.9 Å². The number of fused-ring (bicyclic) bond motifs is 1. The van der Waals surface area contributed by atoms with Gasteiger partial charge in [0, 0.05) is 30.6 Å². The number of nitrogens with zero attached hydrogens (tertiary/aromatic N) is 2. The van der Waals surface area contributed by atoms with Crippen LogP contribution in [0.4, 0.5) is 5.69 Å². The highest BCUT2D eigenvalue weighted by Gasteiger charge is 2.34. The van der Waals surface area contributed by atoms with Gasteiger partial charge in [-0.15, -0.1) is 24.2 Å². The van der Waals surface area contributed by atoms with Gasteiger partial charge in [-0.3, -0.25) is 4.79 Å². The number of para-hydroxylation sites is 2. The summed E-state index contributed by atoms with van der Waals surface area (Å²) in [5.41, 5.74) is 1.74. The molecule has 0 N–H and O–H groups in total. The molecule has 0 aliphatic carbocycles. The molecule has 3 aromatic rings. The molecule has 10 heteroatoms. The Morgan fingerprint density at radius 3 is 2.27 bits per heavy atom. The van der Waals surface area contributed by atoms with Crippen LogP contribution in [0.1, 0.15) is 17.2 Å². The molecule has 8 nitrogen and oxygen atoms in total. The second-order valence-corrected chi connectivity index (χ2v) is 10.3. The second kappa shape index (κ2) is 14.9. The Kier molecular flexibility index (Phi) is 11.7. The molecule has 0 aromatic heterocycles. The molecule has 0 fully saturated rings. The van der Waals surface area contributed by atoms with E-state index in [1.807, 2.05) is 74.8 Å². The number of carbonyl (C=O) groups is 1. The first-order valence-corrected chi connectivity index (χ1v) is 13.7. The molecule has 1 heterocycles. The maximum atomic E-state index is 13.3. The molecule has 0 saturated heterocycles. The van der Waals surface area contributed by atoms with E-state index >= 15 is 0 Å². The molecule has 1 atom stereocenters. The van der Waals surface area contributed by atoms with Crippen LogP contribution in [0, 0.1) is 0 Å². The van der Waals surface area contributed by atoms with Crippen molar-refractivity contribution in [3.63, 3.8) is 0 Å². The summed E-state index contributed by atoms with van der Waals surface area (Å²) in [6, 6.07) is 19.2. The number of anilines is 1. The first kappa shape index (κ1) is 31.3. The molecule has 4 rings (SSSR count). The third-order valence-corrected chi connectivity index (χ3v) is 7.86. The third-order valence-electron chi connectivity index (χ3n) is 6.57. The predicted octanol–water partition coefficient (Wildman–Crippen LogP) is 5.72. The quantitative estimate of drug-likeness (QED) is 0.235. The zero-order chi connectivity index (χ0) is 27.8. The van der Waals surface area contributed by atoms with Gasteiger partial charge in [-0.1, -0.05) is 18.2 Å². The van der Waals surface area contributed by atoms with Crippen molar-refractivity contribution in [1.82, 2.24) is 4.90 Å². The molecule has 1 aliphatic rings. The number of likely N-dealkylation sites (N-methyl/N-ethyl adjacent to an activating group) is 2. The van der Waals surface area contributed by atoms with Crippen molar-refractivity contribution >= 4 is 35.8 Å². The van der Waals surface area contributed by atoms with E-state index in [1.54, 1.807) is 38.0 Å². The van der Waals surface area contributed by atoms with Gasteiger partial charge in [0.25, 0.3) is 0 Å². The summed E-state index contributed by atoms with van der Waals surface area (Å²) in [6.07, 6.45) is 0.814. The lowest BCUT2D eigenvalue weighted by Gasteiger charge is -2.32. The summed E-state index contributed by atoms with van der Waals surface area (Å²) < 4.78 is 28.4. The van der Waals surface area contributed by atoms with Crippen LogP contribution >= 0.6 is 24.2 Å². The van der Waals surface area contributed by atoms with Crippen molar-refractivity contribution in [2.24, 2.45) is 0 Å². The maximum absolute atomic E-state index is 13.3. The Balaban J connectivity index is 0.00000441.